The Labute approximate surface area is 158 Å². The molecule has 152 valence electrons. The normalized spacial score (nSPS) is 32.0. The molecule has 0 aromatic heterocycles. The minimum atomic E-state index is -0.149. The van der Waals surface area contributed by atoms with E-state index in [9.17, 15) is 0 Å². The van der Waals surface area contributed by atoms with Gasteiger partial charge in [-0.3, -0.25) is 10.8 Å². The van der Waals surface area contributed by atoms with Crippen molar-refractivity contribution >= 4 is 11.8 Å². The number of hydrazine groups is 4. The molecule has 4 heterocycles. The molecule has 12 nitrogen and oxygen atoms in total. The van der Waals surface area contributed by atoms with Crippen LogP contribution in [0.4, 0.5) is 0 Å². The highest BCUT2D eigenvalue weighted by Crippen LogP contribution is 2.22. The second-order valence-electron chi connectivity index (χ2n) is 6.90. The number of ether oxygens (including phenoxy) is 2. The second kappa shape index (κ2) is 8.75. The van der Waals surface area contributed by atoms with E-state index < -0.39 is 0 Å². The largest absolute Gasteiger partial charge is 0.379 e. The zero-order valence-electron chi connectivity index (χ0n) is 15.4. The van der Waals surface area contributed by atoms with Crippen molar-refractivity contribution in [1.82, 2.24) is 31.4 Å². The first kappa shape index (κ1) is 19.0. The SMILES string of the molecule is N=C1ONN(N2CCOCC2)C1CCCC1C(=N)ONN1N1CCOCC1. The Morgan fingerprint density at radius 1 is 0.741 bits per heavy atom. The molecule has 4 N–H and O–H groups in total. The van der Waals surface area contributed by atoms with Crippen LogP contribution < -0.4 is 11.2 Å². The zero-order valence-corrected chi connectivity index (χ0v) is 15.4. The van der Waals surface area contributed by atoms with Crippen LogP contribution in [0.1, 0.15) is 19.3 Å². The number of hydrogen-bond donors (Lipinski definition) is 4. The molecule has 0 aromatic rings. The van der Waals surface area contributed by atoms with E-state index >= 15 is 0 Å². The Kier molecular flexibility index (Phi) is 6.14. The summed E-state index contributed by atoms with van der Waals surface area (Å²) in [5.74, 6) is 0.449. The van der Waals surface area contributed by atoms with Crippen molar-refractivity contribution in [1.29, 1.82) is 10.8 Å². The van der Waals surface area contributed by atoms with Gasteiger partial charge < -0.3 is 19.1 Å². The van der Waals surface area contributed by atoms with Crippen molar-refractivity contribution < 1.29 is 19.1 Å². The van der Waals surface area contributed by atoms with E-state index in [1.54, 1.807) is 0 Å². The Morgan fingerprint density at radius 3 is 1.56 bits per heavy atom. The Bertz CT molecular complexity index is 494. The third-order valence-electron chi connectivity index (χ3n) is 5.23. The fourth-order valence-corrected chi connectivity index (χ4v) is 3.74. The summed E-state index contributed by atoms with van der Waals surface area (Å²) in [4.78, 5) is 10.5. The van der Waals surface area contributed by atoms with Gasteiger partial charge in [0.1, 0.15) is 12.1 Å². The van der Waals surface area contributed by atoms with Crippen molar-refractivity contribution in [3.05, 3.63) is 0 Å². The third kappa shape index (κ3) is 4.22. The molecule has 2 atom stereocenters. The molecule has 4 rings (SSSR count). The van der Waals surface area contributed by atoms with Crippen LogP contribution in [0.5, 0.6) is 0 Å². The van der Waals surface area contributed by atoms with Crippen molar-refractivity contribution in [2.45, 2.75) is 31.3 Å². The van der Waals surface area contributed by atoms with E-state index in [2.05, 4.69) is 21.2 Å². The average molecular weight is 384 g/mol. The van der Waals surface area contributed by atoms with E-state index in [0.29, 0.717) is 26.4 Å². The Hall–Kier alpha value is -1.38. The van der Waals surface area contributed by atoms with Gasteiger partial charge in [0.05, 0.1) is 26.4 Å². The fraction of sp³-hybridized carbons (Fsp3) is 0.867. The molecule has 0 amide bonds. The first-order chi connectivity index (χ1) is 13.2. The molecule has 4 fully saturated rings. The Balaban J connectivity index is 1.30. The summed E-state index contributed by atoms with van der Waals surface area (Å²) in [5.41, 5.74) is 5.68. The molecule has 0 aliphatic carbocycles. The van der Waals surface area contributed by atoms with E-state index in [1.165, 1.54) is 0 Å². The number of nitrogens with one attached hydrogen (secondary N) is 4. The predicted octanol–water partition coefficient (Wildman–Crippen LogP) is -1.15. The van der Waals surface area contributed by atoms with E-state index in [-0.39, 0.29) is 23.9 Å². The molecule has 0 spiro atoms. The lowest BCUT2D eigenvalue weighted by Crippen LogP contribution is -2.56. The maximum atomic E-state index is 8.09. The summed E-state index contributed by atoms with van der Waals surface area (Å²) >= 11 is 0. The van der Waals surface area contributed by atoms with Crippen molar-refractivity contribution in [2.75, 3.05) is 52.6 Å². The molecule has 4 aliphatic rings. The monoisotopic (exact) mass is 384 g/mol. The van der Waals surface area contributed by atoms with Gasteiger partial charge >= 0.3 is 0 Å². The van der Waals surface area contributed by atoms with Gasteiger partial charge in [0, 0.05) is 26.2 Å². The maximum absolute atomic E-state index is 8.09. The summed E-state index contributed by atoms with van der Waals surface area (Å²) in [6, 6.07) is -0.297. The van der Waals surface area contributed by atoms with E-state index in [1.807, 2.05) is 10.2 Å². The quantitative estimate of drug-likeness (QED) is 0.446. The van der Waals surface area contributed by atoms with Crippen LogP contribution in [-0.4, -0.2) is 96.7 Å². The van der Waals surface area contributed by atoms with Gasteiger partial charge in [-0.2, -0.15) is 0 Å². The van der Waals surface area contributed by atoms with Crippen molar-refractivity contribution in [3.8, 4) is 0 Å². The van der Waals surface area contributed by atoms with Crippen LogP contribution >= 0.6 is 0 Å². The average Bonchev–Trinajstić information content (AvgIpc) is 3.26. The van der Waals surface area contributed by atoms with Gasteiger partial charge in [-0.25, -0.2) is 10.0 Å². The van der Waals surface area contributed by atoms with Crippen LogP contribution in [0.2, 0.25) is 0 Å². The number of hydrogen-bond acceptors (Lipinski definition) is 12. The maximum Gasteiger partial charge on any atom is 0.228 e. The molecule has 0 radical (unpaired) electrons. The van der Waals surface area contributed by atoms with Crippen molar-refractivity contribution in [2.24, 2.45) is 0 Å². The molecule has 0 bridgehead atoms. The molecular formula is C15H28N8O4. The van der Waals surface area contributed by atoms with Crippen LogP contribution in [0, 0.1) is 10.8 Å². The molecule has 2 unspecified atom stereocenters. The Morgan fingerprint density at radius 2 is 1.15 bits per heavy atom. The lowest BCUT2D eigenvalue weighted by Gasteiger charge is -2.36. The van der Waals surface area contributed by atoms with Gasteiger partial charge in [-0.1, -0.05) is 11.2 Å². The lowest BCUT2D eigenvalue weighted by atomic mass is 10.1. The molecule has 4 saturated heterocycles. The number of nitrogens with zero attached hydrogens (tertiary/aromatic N) is 4. The summed E-state index contributed by atoms with van der Waals surface area (Å²) in [7, 11) is 0. The van der Waals surface area contributed by atoms with Gasteiger partial charge in [-0.15, -0.1) is 10.2 Å². The molecular weight excluding hydrogens is 356 g/mol. The zero-order chi connectivity index (χ0) is 18.6. The number of morpholine rings is 2. The smallest absolute Gasteiger partial charge is 0.228 e. The van der Waals surface area contributed by atoms with E-state index in [0.717, 1.165) is 45.4 Å². The summed E-state index contributed by atoms with van der Waals surface area (Å²) in [6.07, 6.45) is 2.34. The van der Waals surface area contributed by atoms with Gasteiger partial charge in [-0.05, 0) is 19.3 Å². The summed E-state index contributed by atoms with van der Waals surface area (Å²) < 4.78 is 10.8. The highest BCUT2D eigenvalue weighted by molar-refractivity contribution is 5.80. The fourth-order valence-electron chi connectivity index (χ4n) is 3.74. The van der Waals surface area contributed by atoms with Crippen molar-refractivity contribution in [3.63, 3.8) is 0 Å². The molecule has 0 aromatic carbocycles. The molecule has 27 heavy (non-hydrogen) atoms. The highest BCUT2D eigenvalue weighted by Gasteiger charge is 2.39. The summed E-state index contributed by atoms with van der Waals surface area (Å²) in [6.45, 7) is 5.80. The molecule has 4 aliphatic heterocycles. The first-order valence-corrected chi connectivity index (χ1v) is 9.49. The van der Waals surface area contributed by atoms with Gasteiger partial charge in [0.2, 0.25) is 11.8 Å². The van der Waals surface area contributed by atoms with Crippen LogP contribution in [0.3, 0.4) is 0 Å². The third-order valence-corrected chi connectivity index (χ3v) is 5.23. The highest BCUT2D eigenvalue weighted by atomic mass is 16.7. The standard InChI is InChI=1S/C15H28N8O4/c16-14-12(22(18-26-14)20-4-8-24-9-5-20)2-1-3-13-15(17)27-19-23(13)21-6-10-25-11-7-21/h12-13,16-19H,1-11H2. The van der Waals surface area contributed by atoms with Crippen LogP contribution in [0.15, 0.2) is 0 Å². The minimum Gasteiger partial charge on any atom is -0.379 e. The van der Waals surface area contributed by atoms with Gasteiger partial charge in [0.15, 0.2) is 0 Å². The minimum absolute atomic E-state index is 0.149. The second-order valence-corrected chi connectivity index (χ2v) is 6.90. The molecule has 0 saturated carbocycles. The number of rotatable bonds is 6. The topological polar surface area (TPSA) is 122 Å². The first-order valence-electron chi connectivity index (χ1n) is 9.49. The predicted molar refractivity (Wildman–Crippen MR) is 93.8 cm³/mol. The van der Waals surface area contributed by atoms with E-state index in [4.69, 9.17) is 30.0 Å². The lowest BCUT2D eigenvalue weighted by molar-refractivity contribution is -0.163. The van der Waals surface area contributed by atoms with Gasteiger partial charge in [0.25, 0.3) is 0 Å². The molecule has 12 heteroatoms. The van der Waals surface area contributed by atoms with Crippen LogP contribution in [0.25, 0.3) is 0 Å². The summed E-state index contributed by atoms with van der Waals surface area (Å²) in [5, 5.41) is 24.2. The van der Waals surface area contributed by atoms with Crippen LogP contribution in [-0.2, 0) is 19.1 Å².